The van der Waals surface area contributed by atoms with E-state index in [1.165, 1.54) is 10.9 Å². The van der Waals surface area contributed by atoms with Crippen molar-refractivity contribution in [2.45, 2.75) is 13.5 Å². The van der Waals surface area contributed by atoms with Gasteiger partial charge in [0.15, 0.2) is 0 Å². The number of ether oxygens (including phenoxy) is 1. The number of fused-ring (bicyclic) bond motifs is 3. The summed E-state index contributed by atoms with van der Waals surface area (Å²) in [5.41, 5.74) is 2.51. The second-order valence-electron chi connectivity index (χ2n) is 6.07. The lowest BCUT2D eigenvalue weighted by atomic mass is 9.88. The van der Waals surface area contributed by atoms with Gasteiger partial charge in [-0.3, -0.25) is 4.98 Å². The van der Waals surface area contributed by atoms with Gasteiger partial charge in [0.2, 0.25) is 0 Å². The van der Waals surface area contributed by atoms with Gasteiger partial charge in [0.05, 0.1) is 30.4 Å². The highest BCUT2D eigenvalue weighted by Crippen LogP contribution is 2.39. The molecule has 0 bridgehead atoms. The molecule has 0 atom stereocenters. The van der Waals surface area contributed by atoms with Gasteiger partial charge in [-0.05, 0) is 34.1 Å². The highest BCUT2D eigenvalue weighted by molar-refractivity contribution is 9.10. The third-order valence-corrected chi connectivity index (χ3v) is 4.94. The summed E-state index contributed by atoms with van der Waals surface area (Å²) in [5, 5.41) is 3.09. The summed E-state index contributed by atoms with van der Waals surface area (Å²) < 4.78 is 8.75. The molecule has 3 aromatic rings. The summed E-state index contributed by atoms with van der Waals surface area (Å²) in [6.07, 6.45) is 3.76. The van der Waals surface area contributed by atoms with E-state index in [9.17, 15) is 0 Å². The number of hydrogen-bond acceptors (Lipinski definition) is 2. The molecule has 0 spiro atoms. The van der Waals surface area contributed by atoms with Gasteiger partial charge in [0, 0.05) is 38.4 Å². The molecule has 1 aliphatic rings. The summed E-state index contributed by atoms with van der Waals surface area (Å²) in [4.78, 5) is 4.29. The zero-order valence-corrected chi connectivity index (χ0v) is 13.9. The number of benzene rings is 1. The lowest BCUT2D eigenvalue weighted by Gasteiger charge is -2.38. The van der Waals surface area contributed by atoms with Gasteiger partial charge in [-0.25, -0.2) is 0 Å². The Bertz CT molecular complexity index is 854. The second-order valence-corrected chi connectivity index (χ2v) is 7.36. The SMILES string of the molecule is CC1(Cn2c3cnccc3c3cc(Cl)cc(Br)c32)COC1. The van der Waals surface area contributed by atoms with Gasteiger partial charge < -0.3 is 9.30 Å². The van der Waals surface area contributed by atoms with E-state index in [2.05, 4.69) is 38.5 Å². The molecule has 3 heterocycles. The van der Waals surface area contributed by atoms with Crippen LogP contribution in [0.4, 0.5) is 0 Å². The Balaban J connectivity index is 2.05. The van der Waals surface area contributed by atoms with E-state index in [1.54, 1.807) is 0 Å². The minimum absolute atomic E-state index is 0.188. The largest absolute Gasteiger partial charge is 0.380 e. The summed E-state index contributed by atoms with van der Waals surface area (Å²) in [7, 11) is 0. The number of pyridine rings is 1. The molecule has 0 saturated carbocycles. The number of hydrogen-bond donors (Lipinski definition) is 0. The van der Waals surface area contributed by atoms with Crippen molar-refractivity contribution in [3.8, 4) is 0 Å². The van der Waals surface area contributed by atoms with E-state index in [0.29, 0.717) is 0 Å². The van der Waals surface area contributed by atoms with Crippen LogP contribution in [-0.4, -0.2) is 22.8 Å². The van der Waals surface area contributed by atoms with E-state index < -0.39 is 0 Å². The lowest BCUT2D eigenvalue weighted by Crippen LogP contribution is -2.43. The monoisotopic (exact) mass is 364 g/mol. The highest BCUT2D eigenvalue weighted by Gasteiger charge is 2.34. The molecule has 21 heavy (non-hydrogen) atoms. The Kier molecular flexibility index (Phi) is 3.03. The van der Waals surface area contributed by atoms with Gasteiger partial charge in [0.25, 0.3) is 0 Å². The van der Waals surface area contributed by atoms with Crippen LogP contribution >= 0.6 is 27.5 Å². The Morgan fingerprint density at radius 3 is 2.90 bits per heavy atom. The van der Waals surface area contributed by atoms with Crippen molar-refractivity contribution in [3.63, 3.8) is 0 Å². The van der Waals surface area contributed by atoms with Crippen LogP contribution in [0.15, 0.2) is 35.1 Å². The van der Waals surface area contributed by atoms with Gasteiger partial charge in [-0.1, -0.05) is 18.5 Å². The highest BCUT2D eigenvalue weighted by atomic mass is 79.9. The van der Waals surface area contributed by atoms with Crippen LogP contribution < -0.4 is 0 Å². The van der Waals surface area contributed by atoms with Gasteiger partial charge >= 0.3 is 0 Å². The molecular weight excluding hydrogens is 352 g/mol. The molecule has 5 heteroatoms. The van der Waals surface area contributed by atoms with Crippen LogP contribution in [-0.2, 0) is 11.3 Å². The molecule has 2 aromatic heterocycles. The smallest absolute Gasteiger partial charge is 0.0678 e. The molecule has 1 aliphatic heterocycles. The quantitative estimate of drug-likeness (QED) is 0.661. The molecule has 0 amide bonds. The number of aromatic nitrogens is 2. The molecule has 0 unspecified atom stereocenters. The zero-order valence-electron chi connectivity index (χ0n) is 11.6. The fourth-order valence-corrected chi connectivity index (χ4v) is 4.11. The molecule has 0 aliphatic carbocycles. The molecule has 4 rings (SSSR count). The first-order valence-electron chi connectivity index (χ1n) is 6.86. The average Bonchev–Trinajstić information content (AvgIpc) is 2.72. The third kappa shape index (κ3) is 2.08. The van der Waals surface area contributed by atoms with Crippen molar-refractivity contribution in [3.05, 3.63) is 40.1 Å². The van der Waals surface area contributed by atoms with Crippen LogP contribution in [0.3, 0.4) is 0 Å². The number of halogens is 2. The molecule has 3 nitrogen and oxygen atoms in total. The van der Waals surface area contributed by atoms with Crippen LogP contribution in [0.1, 0.15) is 6.92 Å². The Labute approximate surface area is 136 Å². The van der Waals surface area contributed by atoms with E-state index in [4.69, 9.17) is 16.3 Å². The van der Waals surface area contributed by atoms with Crippen LogP contribution in [0.25, 0.3) is 21.8 Å². The maximum atomic E-state index is 6.23. The Hall–Kier alpha value is -1.10. The van der Waals surface area contributed by atoms with Crippen LogP contribution in [0.5, 0.6) is 0 Å². The Morgan fingerprint density at radius 1 is 1.38 bits per heavy atom. The van der Waals surface area contributed by atoms with E-state index in [0.717, 1.165) is 40.2 Å². The van der Waals surface area contributed by atoms with Crippen molar-refractivity contribution in [1.82, 2.24) is 9.55 Å². The van der Waals surface area contributed by atoms with Crippen LogP contribution in [0.2, 0.25) is 5.02 Å². The fraction of sp³-hybridized carbons (Fsp3) is 0.312. The first-order valence-corrected chi connectivity index (χ1v) is 8.03. The molecule has 1 aromatic carbocycles. The van der Waals surface area contributed by atoms with E-state index in [-0.39, 0.29) is 5.41 Å². The average molecular weight is 366 g/mol. The minimum Gasteiger partial charge on any atom is -0.380 e. The molecule has 1 saturated heterocycles. The molecule has 1 fully saturated rings. The molecule has 0 N–H and O–H groups in total. The van der Waals surface area contributed by atoms with Crippen molar-refractivity contribution in [1.29, 1.82) is 0 Å². The van der Waals surface area contributed by atoms with Crippen molar-refractivity contribution in [2.24, 2.45) is 5.41 Å². The molecular formula is C16H14BrClN2O. The second kappa shape index (κ2) is 4.70. The maximum Gasteiger partial charge on any atom is 0.0678 e. The minimum atomic E-state index is 0.188. The van der Waals surface area contributed by atoms with Gasteiger partial charge in [-0.15, -0.1) is 0 Å². The zero-order chi connectivity index (χ0) is 14.6. The Morgan fingerprint density at radius 2 is 2.19 bits per heavy atom. The van der Waals surface area contributed by atoms with Crippen molar-refractivity contribution < 1.29 is 4.74 Å². The van der Waals surface area contributed by atoms with Gasteiger partial charge in [0.1, 0.15) is 0 Å². The predicted octanol–water partition coefficient (Wildman–Crippen LogP) is 4.64. The third-order valence-electron chi connectivity index (χ3n) is 4.12. The van der Waals surface area contributed by atoms with E-state index >= 15 is 0 Å². The summed E-state index contributed by atoms with van der Waals surface area (Å²) in [6.45, 7) is 4.78. The molecule has 108 valence electrons. The maximum absolute atomic E-state index is 6.23. The first-order chi connectivity index (χ1) is 10.1. The summed E-state index contributed by atoms with van der Waals surface area (Å²) in [6, 6.07) is 6.03. The molecule has 0 radical (unpaired) electrons. The standard InChI is InChI=1S/C16H14BrClN2O/c1-16(8-21-9-16)7-20-14-6-19-3-2-11(14)12-4-10(18)5-13(17)15(12)20/h2-6H,7-9H2,1H3. The number of nitrogens with zero attached hydrogens (tertiary/aromatic N) is 2. The van der Waals surface area contributed by atoms with Gasteiger partial charge in [-0.2, -0.15) is 0 Å². The summed E-state index contributed by atoms with van der Waals surface area (Å²) in [5.74, 6) is 0. The fourth-order valence-electron chi connectivity index (χ4n) is 3.08. The number of rotatable bonds is 2. The van der Waals surface area contributed by atoms with Crippen molar-refractivity contribution >= 4 is 49.3 Å². The first kappa shape index (κ1) is 13.6. The van der Waals surface area contributed by atoms with E-state index in [1.807, 2.05) is 24.5 Å². The lowest BCUT2D eigenvalue weighted by molar-refractivity contribution is -0.109. The van der Waals surface area contributed by atoms with Crippen LogP contribution in [0, 0.1) is 5.41 Å². The summed E-state index contributed by atoms with van der Waals surface area (Å²) >= 11 is 9.90. The van der Waals surface area contributed by atoms with Crippen molar-refractivity contribution in [2.75, 3.05) is 13.2 Å². The topological polar surface area (TPSA) is 27.1 Å². The normalized spacial score (nSPS) is 17.3. The predicted molar refractivity (Wildman–Crippen MR) is 88.9 cm³/mol.